The van der Waals surface area contributed by atoms with Gasteiger partial charge in [-0.25, -0.2) is 9.59 Å². The van der Waals surface area contributed by atoms with Crippen molar-refractivity contribution < 1.29 is 45.4 Å². The quantitative estimate of drug-likeness (QED) is 0.755. The normalized spacial score (nSPS) is 14.4. The number of rotatable bonds is 5. The van der Waals surface area contributed by atoms with Crippen LogP contribution < -0.4 is 11.5 Å². The summed E-state index contributed by atoms with van der Waals surface area (Å²) >= 11 is 0. The molecule has 6 nitrogen and oxygen atoms in total. The third-order valence-electron chi connectivity index (χ3n) is 3.09. The van der Waals surface area contributed by atoms with Crippen LogP contribution in [-0.4, -0.2) is 24.5 Å². The molecule has 0 bridgehead atoms. The SMILES string of the molecule is [CH2]Cc1ccc(C(OC(N)=O)C(F)(F)F)cc1C(OC(N)=O)C(F)(F)F. The second kappa shape index (κ2) is 7.70. The molecule has 1 aromatic rings. The smallest absolute Gasteiger partial charge is 0.429 e. The van der Waals surface area contributed by atoms with Gasteiger partial charge in [-0.05, 0) is 25.0 Å². The molecule has 1 radical (unpaired) electrons. The minimum atomic E-state index is -5.17. The van der Waals surface area contributed by atoms with Crippen LogP contribution in [0.2, 0.25) is 0 Å². The first-order valence-corrected chi connectivity index (χ1v) is 6.75. The van der Waals surface area contributed by atoms with Gasteiger partial charge in [0, 0.05) is 11.1 Å². The molecule has 1 aromatic carbocycles. The van der Waals surface area contributed by atoms with Gasteiger partial charge in [0.2, 0.25) is 12.2 Å². The molecule has 1 rings (SSSR count). The summed E-state index contributed by atoms with van der Waals surface area (Å²) in [5.74, 6) is 0. The van der Waals surface area contributed by atoms with E-state index >= 15 is 0 Å². The van der Waals surface area contributed by atoms with Crippen molar-refractivity contribution in [2.45, 2.75) is 31.0 Å². The molecule has 0 aromatic heterocycles. The highest BCUT2D eigenvalue weighted by molar-refractivity contribution is 5.65. The third kappa shape index (κ3) is 5.43. The summed E-state index contributed by atoms with van der Waals surface area (Å²) in [5, 5.41) is 0. The minimum Gasteiger partial charge on any atom is -0.432 e. The van der Waals surface area contributed by atoms with Crippen LogP contribution in [0.5, 0.6) is 0 Å². The number of ether oxygens (including phenoxy) is 2. The monoisotopic (exact) mass is 387 g/mol. The molecule has 145 valence electrons. The maximum Gasteiger partial charge on any atom is 0.429 e. The number of hydrogen-bond donors (Lipinski definition) is 2. The zero-order valence-electron chi connectivity index (χ0n) is 12.9. The molecule has 0 fully saturated rings. The molecule has 0 aliphatic carbocycles. The Labute approximate surface area is 143 Å². The van der Waals surface area contributed by atoms with E-state index in [1.165, 1.54) is 0 Å². The topological polar surface area (TPSA) is 105 Å². The maximum absolute atomic E-state index is 13.2. The van der Waals surface area contributed by atoms with E-state index in [0.29, 0.717) is 6.07 Å². The zero-order valence-corrected chi connectivity index (χ0v) is 12.9. The standard InChI is InChI=1S/C14H13F6N2O4/c1-2-6-3-4-7(9(13(15,16)17)25-11(21)23)5-8(6)10(14(18,19)20)26-12(22)24/h3-5,9-10H,1-2H2,(H2,21,23)(H2,22,24). The van der Waals surface area contributed by atoms with Crippen LogP contribution in [0.1, 0.15) is 28.9 Å². The molecule has 2 atom stereocenters. The first-order valence-electron chi connectivity index (χ1n) is 6.75. The summed E-state index contributed by atoms with van der Waals surface area (Å²) in [6, 6.07) is 2.15. The number of carbonyl (C=O) groups excluding carboxylic acids is 2. The predicted molar refractivity (Wildman–Crippen MR) is 74.4 cm³/mol. The van der Waals surface area contributed by atoms with Crippen molar-refractivity contribution in [2.75, 3.05) is 0 Å². The highest BCUT2D eigenvalue weighted by Gasteiger charge is 2.47. The predicted octanol–water partition coefficient (Wildman–Crippen LogP) is 3.46. The van der Waals surface area contributed by atoms with Crippen LogP contribution in [0.15, 0.2) is 18.2 Å². The lowest BCUT2D eigenvalue weighted by molar-refractivity contribution is -0.207. The fourth-order valence-electron chi connectivity index (χ4n) is 2.11. The summed E-state index contributed by atoms with van der Waals surface area (Å²) in [6.45, 7) is 3.37. The van der Waals surface area contributed by atoms with Gasteiger partial charge >= 0.3 is 24.5 Å². The van der Waals surface area contributed by atoms with Crippen LogP contribution in [0.25, 0.3) is 0 Å². The highest BCUT2D eigenvalue weighted by Crippen LogP contribution is 2.41. The second-order valence-electron chi connectivity index (χ2n) is 4.93. The average molecular weight is 387 g/mol. The van der Waals surface area contributed by atoms with Gasteiger partial charge in [-0.2, -0.15) is 26.3 Å². The molecule has 4 N–H and O–H groups in total. The molecule has 12 heteroatoms. The Balaban J connectivity index is 3.54. The zero-order chi connectivity index (χ0) is 20.3. The number of carbonyl (C=O) groups is 2. The molecular weight excluding hydrogens is 374 g/mol. The fraction of sp³-hybridized carbons (Fsp3) is 0.357. The number of nitrogens with two attached hydrogens (primary N) is 2. The van der Waals surface area contributed by atoms with E-state index in [2.05, 4.69) is 27.9 Å². The Morgan fingerprint density at radius 3 is 1.81 bits per heavy atom. The van der Waals surface area contributed by atoms with E-state index in [0.717, 1.165) is 12.1 Å². The summed E-state index contributed by atoms with van der Waals surface area (Å²) < 4.78 is 86.7. The molecule has 0 heterocycles. The lowest BCUT2D eigenvalue weighted by atomic mass is 9.95. The van der Waals surface area contributed by atoms with Crippen molar-refractivity contribution >= 4 is 12.2 Å². The second-order valence-corrected chi connectivity index (χ2v) is 4.93. The Morgan fingerprint density at radius 1 is 0.962 bits per heavy atom. The largest absolute Gasteiger partial charge is 0.432 e. The fourth-order valence-corrected chi connectivity index (χ4v) is 2.11. The maximum atomic E-state index is 13.2. The summed E-state index contributed by atoms with van der Waals surface area (Å²) in [5.41, 5.74) is 7.35. The van der Waals surface area contributed by atoms with Gasteiger partial charge in [0.25, 0.3) is 0 Å². The molecule has 0 aliphatic rings. The van der Waals surface area contributed by atoms with Crippen LogP contribution >= 0.6 is 0 Å². The van der Waals surface area contributed by atoms with Gasteiger partial charge in [-0.1, -0.05) is 12.1 Å². The van der Waals surface area contributed by atoms with E-state index in [1.807, 2.05) is 0 Å². The highest BCUT2D eigenvalue weighted by atomic mass is 19.4. The molecule has 0 spiro atoms. The minimum absolute atomic E-state index is 0.155. The van der Waals surface area contributed by atoms with Crippen molar-refractivity contribution in [2.24, 2.45) is 11.5 Å². The van der Waals surface area contributed by atoms with Crippen LogP contribution in [0.4, 0.5) is 35.9 Å². The van der Waals surface area contributed by atoms with Crippen LogP contribution in [-0.2, 0) is 15.9 Å². The Kier molecular flexibility index (Phi) is 6.34. The van der Waals surface area contributed by atoms with E-state index < -0.39 is 47.9 Å². The lowest BCUT2D eigenvalue weighted by Gasteiger charge is -2.25. The molecule has 2 amide bonds. The van der Waals surface area contributed by atoms with E-state index in [1.54, 1.807) is 0 Å². The lowest BCUT2D eigenvalue weighted by Crippen LogP contribution is -2.31. The number of halogens is 6. The van der Waals surface area contributed by atoms with Crippen molar-refractivity contribution in [3.8, 4) is 0 Å². The van der Waals surface area contributed by atoms with Gasteiger partial charge in [0.05, 0.1) is 0 Å². The third-order valence-corrected chi connectivity index (χ3v) is 3.09. The molecule has 26 heavy (non-hydrogen) atoms. The number of amides is 2. The van der Waals surface area contributed by atoms with Gasteiger partial charge < -0.3 is 20.9 Å². The number of primary amides is 2. The van der Waals surface area contributed by atoms with Crippen molar-refractivity contribution in [1.29, 1.82) is 0 Å². The first kappa shape index (κ1) is 21.4. The Bertz CT molecular complexity index is 674. The summed E-state index contributed by atoms with van der Waals surface area (Å²) in [6.07, 6.45) is -20.0. The van der Waals surface area contributed by atoms with E-state index in [9.17, 15) is 35.9 Å². The average Bonchev–Trinajstić information content (AvgIpc) is 2.47. The molecule has 0 aliphatic heterocycles. The van der Waals surface area contributed by atoms with Gasteiger partial charge in [0.1, 0.15) is 0 Å². The molecule has 2 unspecified atom stereocenters. The Morgan fingerprint density at radius 2 is 1.42 bits per heavy atom. The van der Waals surface area contributed by atoms with Crippen molar-refractivity contribution in [1.82, 2.24) is 0 Å². The van der Waals surface area contributed by atoms with Crippen LogP contribution in [0.3, 0.4) is 0 Å². The molecule has 0 saturated carbocycles. The number of benzene rings is 1. The van der Waals surface area contributed by atoms with Crippen LogP contribution in [0, 0.1) is 6.92 Å². The number of hydrogen-bond acceptors (Lipinski definition) is 4. The first-order chi connectivity index (χ1) is 11.8. The van der Waals surface area contributed by atoms with E-state index in [4.69, 9.17) is 0 Å². The summed E-state index contributed by atoms with van der Waals surface area (Å²) in [7, 11) is 0. The van der Waals surface area contributed by atoms with Gasteiger partial charge in [-0.3, -0.25) is 0 Å². The molecule has 0 saturated heterocycles. The van der Waals surface area contributed by atoms with Crippen molar-refractivity contribution in [3.63, 3.8) is 0 Å². The van der Waals surface area contributed by atoms with Gasteiger partial charge in [0.15, 0.2) is 0 Å². The Hall–Kier alpha value is -2.66. The molecular formula is C14H13F6N2O4. The van der Waals surface area contributed by atoms with Crippen molar-refractivity contribution in [3.05, 3.63) is 41.8 Å². The van der Waals surface area contributed by atoms with E-state index in [-0.39, 0.29) is 12.0 Å². The van der Waals surface area contributed by atoms with Gasteiger partial charge in [-0.15, -0.1) is 0 Å². The summed E-state index contributed by atoms with van der Waals surface area (Å²) in [4.78, 5) is 21.5. The number of alkyl halides is 6.